The fourth-order valence-electron chi connectivity index (χ4n) is 1.96. The Balaban J connectivity index is 2.80. The minimum Gasteiger partial charge on any atom is -0.383 e. The van der Waals surface area contributed by atoms with Crippen molar-refractivity contribution in [2.75, 3.05) is 19.0 Å². The molecule has 1 amide bonds. The molecule has 1 rings (SSSR count). The molecule has 0 aliphatic carbocycles. The van der Waals surface area contributed by atoms with Crippen molar-refractivity contribution < 1.29 is 9.53 Å². The highest BCUT2D eigenvalue weighted by molar-refractivity contribution is 9.09. The first kappa shape index (κ1) is 15.2. The molecule has 0 fully saturated rings. The van der Waals surface area contributed by atoms with E-state index in [2.05, 4.69) is 21.2 Å². The first-order valence-corrected chi connectivity index (χ1v) is 7.14. The average molecular weight is 314 g/mol. The van der Waals surface area contributed by atoms with Crippen LogP contribution in [0, 0.1) is 13.8 Å². The molecule has 1 N–H and O–H groups in total. The van der Waals surface area contributed by atoms with E-state index in [1.54, 1.807) is 7.11 Å². The van der Waals surface area contributed by atoms with Crippen LogP contribution >= 0.6 is 15.9 Å². The highest BCUT2D eigenvalue weighted by atomic mass is 79.9. The van der Waals surface area contributed by atoms with Crippen LogP contribution in [-0.4, -0.2) is 31.0 Å². The van der Waals surface area contributed by atoms with Gasteiger partial charge in [0.1, 0.15) is 0 Å². The summed E-state index contributed by atoms with van der Waals surface area (Å²) in [5.41, 5.74) is 2.78. The summed E-state index contributed by atoms with van der Waals surface area (Å²) in [5.74, 6) is -0.0198. The van der Waals surface area contributed by atoms with Crippen LogP contribution in [0.4, 0.5) is 0 Å². The number of rotatable bonds is 6. The molecule has 1 atom stereocenters. The third-order valence-electron chi connectivity index (χ3n) is 2.87. The second kappa shape index (κ2) is 7.54. The molecule has 0 aromatic heterocycles. The van der Waals surface area contributed by atoms with E-state index >= 15 is 0 Å². The van der Waals surface area contributed by atoms with Crippen LogP contribution in [0.2, 0.25) is 0 Å². The topological polar surface area (TPSA) is 38.3 Å². The van der Waals surface area contributed by atoms with Gasteiger partial charge in [-0.05, 0) is 31.4 Å². The van der Waals surface area contributed by atoms with E-state index < -0.39 is 0 Å². The predicted molar refractivity (Wildman–Crippen MR) is 77.5 cm³/mol. The van der Waals surface area contributed by atoms with E-state index in [9.17, 15) is 4.79 Å². The van der Waals surface area contributed by atoms with Crippen LogP contribution in [0.1, 0.15) is 27.9 Å². The number of ether oxygens (including phenoxy) is 1. The maximum absolute atomic E-state index is 12.3. The van der Waals surface area contributed by atoms with Gasteiger partial charge in [-0.2, -0.15) is 0 Å². The Hall–Kier alpha value is -0.870. The van der Waals surface area contributed by atoms with Crippen molar-refractivity contribution in [2.24, 2.45) is 0 Å². The molecule has 0 spiro atoms. The monoisotopic (exact) mass is 313 g/mol. The molecule has 0 saturated heterocycles. The van der Waals surface area contributed by atoms with Gasteiger partial charge in [-0.25, -0.2) is 0 Å². The maximum atomic E-state index is 12.3. The molecule has 100 valence electrons. The van der Waals surface area contributed by atoms with Gasteiger partial charge in [0.15, 0.2) is 0 Å². The SMILES string of the molecule is COCC(CCBr)NC(=O)c1c(C)cccc1C. The number of carbonyl (C=O) groups is 1. The van der Waals surface area contributed by atoms with Gasteiger partial charge in [0.05, 0.1) is 12.6 Å². The Morgan fingerprint density at radius 2 is 2.00 bits per heavy atom. The number of benzene rings is 1. The molecule has 18 heavy (non-hydrogen) atoms. The highest BCUT2D eigenvalue weighted by Gasteiger charge is 2.16. The number of hydrogen-bond acceptors (Lipinski definition) is 2. The van der Waals surface area contributed by atoms with E-state index in [4.69, 9.17) is 4.74 Å². The first-order valence-electron chi connectivity index (χ1n) is 6.02. The summed E-state index contributed by atoms with van der Waals surface area (Å²) in [5, 5.41) is 3.86. The Morgan fingerprint density at radius 3 is 2.50 bits per heavy atom. The lowest BCUT2D eigenvalue weighted by atomic mass is 10.0. The predicted octanol–water partition coefficient (Wildman–Crippen LogP) is 2.83. The lowest BCUT2D eigenvalue weighted by molar-refractivity contribution is 0.0894. The number of nitrogens with one attached hydrogen (secondary N) is 1. The molecule has 1 aromatic rings. The van der Waals surface area contributed by atoms with Crippen molar-refractivity contribution in [3.63, 3.8) is 0 Å². The number of hydrogen-bond donors (Lipinski definition) is 1. The van der Waals surface area contributed by atoms with E-state index in [0.29, 0.717) is 6.61 Å². The summed E-state index contributed by atoms with van der Waals surface area (Å²) in [6.45, 7) is 4.44. The zero-order valence-electron chi connectivity index (χ0n) is 11.1. The molecule has 0 saturated carbocycles. The maximum Gasteiger partial charge on any atom is 0.252 e. The lowest BCUT2D eigenvalue weighted by Crippen LogP contribution is -2.38. The average Bonchev–Trinajstić information content (AvgIpc) is 2.29. The molecular formula is C14H20BrNO2. The lowest BCUT2D eigenvalue weighted by Gasteiger charge is -2.18. The zero-order chi connectivity index (χ0) is 13.5. The van der Waals surface area contributed by atoms with Crippen molar-refractivity contribution in [1.82, 2.24) is 5.32 Å². The number of carbonyl (C=O) groups excluding carboxylic acids is 1. The largest absolute Gasteiger partial charge is 0.383 e. The molecule has 3 nitrogen and oxygen atoms in total. The molecule has 1 unspecified atom stereocenters. The van der Waals surface area contributed by atoms with Crippen molar-refractivity contribution in [3.05, 3.63) is 34.9 Å². The summed E-state index contributed by atoms with van der Waals surface area (Å²) >= 11 is 3.39. The minimum absolute atomic E-state index is 0.0198. The van der Waals surface area contributed by atoms with E-state index in [1.807, 2.05) is 32.0 Å². The summed E-state index contributed by atoms with van der Waals surface area (Å²) in [4.78, 5) is 12.3. The standard InChI is InChI=1S/C14H20BrNO2/c1-10-5-4-6-11(2)13(10)14(17)16-12(7-8-15)9-18-3/h4-6,12H,7-9H2,1-3H3,(H,16,17). The Labute approximate surface area is 117 Å². The molecule has 0 heterocycles. The van der Waals surface area contributed by atoms with Crippen LogP contribution in [-0.2, 0) is 4.74 Å². The van der Waals surface area contributed by atoms with E-state index in [1.165, 1.54) is 0 Å². The molecule has 0 aliphatic heterocycles. The third kappa shape index (κ3) is 4.10. The minimum atomic E-state index is -0.0198. The van der Waals surface area contributed by atoms with Gasteiger partial charge in [-0.15, -0.1) is 0 Å². The van der Waals surface area contributed by atoms with Gasteiger partial charge in [0.2, 0.25) is 0 Å². The van der Waals surface area contributed by atoms with Crippen LogP contribution in [0.3, 0.4) is 0 Å². The fraction of sp³-hybridized carbons (Fsp3) is 0.500. The van der Waals surface area contributed by atoms with Crippen molar-refractivity contribution in [1.29, 1.82) is 0 Å². The van der Waals surface area contributed by atoms with Gasteiger partial charge in [-0.3, -0.25) is 4.79 Å². The number of amides is 1. The Morgan fingerprint density at radius 1 is 1.39 bits per heavy atom. The second-order valence-corrected chi connectivity index (χ2v) is 5.16. The van der Waals surface area contributed by atoms with Crippen LogP contribution in [0.5, 0.6) is 0 Å². The molecular weight excluding hydrogens is 294 g/mol. The van der Waals surface area contributed by atoms with Crippen LogP contribution in [0.15, 0.2) is 18.2 Å². The van der Waals surface area contributed by atoms with Crippen LogP contribution in [0.25, 0.3) is 0 Å². The molecule has 1 aromatic carbocycles. The van der Waals surface area contributed by atoms with Gasteiger partial charge in [-0.1, -0.05) is 34.1 Å². The van der Waals surface area contributed by atoms with Crippen molar-refractivity contribution >= 4 is 21.8 Å². The second-order valence-electron chi connectivity index (χ2n) is 4.37. The quantitative estimate of drug-likeness (QED) is 0.820. The Bertz CT molecular complexity index is 381. The van der Waals surface area contributed by atoms with Crippen LogP contribution < -0.4 is 5.32 Å². The summed E-state index contributed by atoms with van der Waals surface area (Å²) < 4.78 is 5.12. The Kier molecular flexibility index (Phi) is 6.36. The van der Waals surface area contributed by atoms with Crippen molar-refractivity contribution in [2.45, 2.75) is 26.3 Å². The number of aryl methyl sites for hydroxylation is 2. The fourth-order valence-corrected chi connectivity index (χ4v) is 2.51. The first-order chi connectivity index (χ1) is 8.60. The van der Waals surface area contributed by atoms with Gasteiger partial charge in [0, 0.05) is 18.0 Å². The molecule has 0 radical (unpaired) electrons. The number of alkyl halides is 1. The number of halogens is 1. The number of methoxy groups -OCH3 is 1. The summed E-state index contributed by atoms with van der Waals surface area (Å²) in [7, 11) is 1.65. The van der Waals surface area contributed by atoms with Gasteiger partial charge in [0.25, 0.3) is 5.91 Å². The summed E-state index contributed by atoms with van der Waals surface area (Å²) in [6.07, 6.45) is 0.852. The van der Waals surface area contributed by atoms with E-state index in [0.717, 1.165) is 28.4 Å². The normalized spacial score (nSPS) is 12.2. The molecule has 0 aliphatic rings. The summed E-state index contributed by atoms with van der Waals surface area (Å²) in [6, 6.07) is 5.92. The zero-order valence-corrected chi connectivity index (χ0v) is 12.7. The van der Waals surface area contributed by atoms with Crippen molar-refractivity contribution in [3.8, 4) is 0 Å². The smallest absolute Gasteiger partial charge is 0.252 e. The molecule has 4 heteroatoms. The highest BCUT2D eigenvalue weighted by Crippen LogP contribution is 2.13. The van der Waals surface area contributed by atoms with E-state index in [-0.39, 0.29) is 11.9 Å². The van der Waals surface area contributed by atoms with Gasteiger partial charge >= 0.3 is 0 Å². The molecule has 0 bridgehead atoms. The third-order valence-corrected chi connectivity index (χ3v) is 3.33. The van der Waals surface area contributed by atoms with Gasteiger partial charge < -0.3 is 10.1 Å².